The number of nitrogens with one attached hydrogen (secondary N) is 1. The number of piperidine rings is 1. The minimum absolute atomic E-state index is 0.00968. The number of benzene rings is 3. The first-order chi connectivity index (χ1) is 22.4. The molecule has 6 rings (SSSR count). The summed E-state index contributed by atoms with van der Waals surface area (Å²) in [4.78, 5) is 41.7. The van der Waals surface area contributed by atoms with Gasteiger partial charge in [-0.05, 0) is 49.5 Å². The molecule has 2 fully saturated rings. The minimum Gasteiger partial charge on any atom is -0.466 e. The third-order valence-electron chi connectivity index (χ3n) is 9.04. The van der Waals surface area contributed by atoms with Crippen LogP contribution in [0.25, 0.3) is 0 Å². The molecular formula is C36H39N3O7. The van der Waals surface area contributed by atoms with Gasteiger partial charge in [0.05, 0.1) is 25.2 Å². The van der Waals surface area contributed by atoms with E-state index in [1.807, 2.05) is 91.0 Å². The number of carbonyl (C=O) groups is 1. The van der Waals surface area contributed by atoms with Crippen molar-refractivity contribution in [1.82, 2.24) is 14.5 Å². The molecule has 0 unspecified atom stereocenters. The summed E-state index contributed by atoms with van der Waals surface area (Å²) >= 11 is 0. The van der Waals surface area contributed by atoms with Crippen molar-refractivity contribution >= 4 is 5.97 Å². The van der Waals surface area contributed by atoms with Crippen molar-refractivity contribution in [2.45, 2.75) is 49.8 Å². The zero-order chi connectivity index (χ0) is 32.1. The molecule has 0 radical (unpaired) electrons. The summed E-state index contributed by atoms with van der Waals surface area (Å²) in [5, 5.41) is 11.9. The number of nitrogens with zero attached hydrogens (tertiary/aromatic N) is 2. The smallest absolute Gasteiger partial charge is 0.330 e. The lowest BCUT2D eigenvalue weighted by molar-refractivity contribution is -0.150. The van der Waals surface area contributed by atoms with Gasteiger partial charge >= 0.3 is 11.7 Å². The molecule has 3 aromatic carbocycles. The Balaban J connectivity index is 1.34. The maximum Gasteiger partial charge on any atom is 0.330 e. The number of aromatic nitrogens is 2. The molecule has 1 aromatic heterocycles. The van der Waals surface area contributed by atoms with Gasteiger partial charge in [-0.1, -0.05) is 91.0 Å². The Morgan fingerprint density at radius 2 is 1.43 bits per heavy atom. The number of rotatable bonds is 10. The molecule has 10 nitrogen and oxygen atoms in total. The number of likely N-dealkylation sites (tertiary alicyclic amines) is 1. The SMILES string of the molecule is CCOC(=O)C1CCN([C@@H]2[C@@H](O)[C@@H](COC(c3ccccc3)(c3ccccc3)c3ccccc3)O[C@H]2n2ccc(=O)[nH]c2=O)CC1. The first kappa shape index (κ1) is 31.6. The quantitative estimate of drug-likeness (QED) is 0.203. The largest absolute Gasteiger partial charge is 0.466 e. The molecule has 3 heterocycles. The number of hydrogen-bond donors (Lipinski definition) is 2. The highest BCUT2D eigenvalue weighted by atomic mass is 16.6. The summed E-state index contributed by atoms with van der Waals surface area (Å²) in [5.41, 5.74) is 0.533. The molecule has 4 atom stereocenters. The fraction of sp³-hybridized carbons (Fsp3) is 0.361. The van der Waals surface area contributed by atoms with Gasteiger partial charge in [-0.25, -0.2) is 4.79 Å². The van der Waals surface area contributed by atoms with E-state index >= 15 is 0 Å². The standard InChI is InChI=1S/C36H39N3O7/c1-2-44-34(42)25-18-21-38(22-19-25)31-32(41)29(46-33(31)39-23-20-30(40)37-35(39)43)24-45-36(26-12-6-3-7-13-26,27-14-8-4-9-15-27)28-16-10-5-11-17-28/h3-17,20,23,25,29,31-33,41H,2,18-19,21-22,24H2,1H3,(H,37,40,43)/t29-,31-,32+,33-/m1/s1. The molecule has 0 aliphatic carbocycles. The van der Waals surface area contributed by atoms with Crippen LogP contribution in [0.15, 0.2) is 113 Å². The van der Waals surface area contributed by atoms with Gasteiger partial charge in [-0.2, -0.15) is 0 Å². The van der Waals surface area contributed by atoms with Gasteiger partial charge < -0.3 is 19.3 Å². The monoisotopic (exact) mass is 625 g/mol. The molecule has 0 amide bonds. The van der Waals surface area contributed by atoms with Crippen LogP contribution in [-0.4, -0.2) is 70.1 Å². The second-order valence-corrected chi connectivity index (χ2v) is 11.7. The highest BCUT2D eigenvalue weighted by Gasteiger charge is 2.50. The van der Waals surface area contributed by atoms with E-state index in [1.54, 1.807) is 6.92 Å². The molecule has 10 heteroatoms. The Labute approximate surface area is 267 Å². The lowest BCUT2D eigenvalue weighted by Gasteiger charge is -2.38. The third-order valence-corrected chi connectivity index (χ3v) is 9.04. The van der Waals surface area contributed by atoms with Crippen molar-refractivity contribution in [3.05, 3.63) is 141 Å². The number of hydrogen-bond acceptors (Lipinski definition) is 8. The number of aromatic amines is 1. The van der Waals surface area contributed by atoms with Crippen molar-refractivity contribution in [1.29, 1.82) is 0 Å². The van der Waals surface area contributed by atoms with Crippen LogP contribution < -0.4 is 11.2 Å². The second-order valence-electron chi connectivity index (χ2n) is 11.7. The van der Waals surface area contributed by atoms with Crippen LogP contribution in [0.3, 0.4) is 0 Å². The predicted molar refractivity (Wildman–Crippen MR) is 171 cm³/mol. The second kappa shape index (κ2) is 14.0. The molecule has 0 spiro atoms. The summed E-state index contributed by atoms with van der Waals surface area (Å²) in [6.45, 7) is 3.10. The maximum absolute atomic E-state index is 13.0. The molecule has 46 heavy (non-hydrogen) atoms. The van der Waals surface area contributed by atoms with Crippen LogP contribution in [0.1, 0.15) is 42.7 Å². The molecule has 2 aliphatic rings. The van der Waals surface area contributed by atoms with E-state index < -0.39 is 41.3 Å². The molecule has 240 valence electrons. The number of carbonyl (C=O) groups excluding carboxylic acids is 1. The first-order valence-corrected chi connectivity index (χ1v) is 15.8. The van der Waals surface area contributed by atoms with Crippen LogP contribution in [0.4, 0.5) is 0 Å². The van der Waals surface area contributed by atoms with Crippen LogP contribution in [0, 0.1) is 5.92 Å². The zero-order valence-corrected chi connectivity index (χ0v) is 25.7. The number of ether oxygens (including phenoxy) is 3. The van der Waals surface area contributed by atoms with Gasteiger partial charge in [0.15, 0.2) is 6.23 Å². The van der Waals surface area contributed by atoms with Gasteiger partial charge in [-0.3, -0.25) is 24.0 Å². The Bertz CT molecular complexity index is 1610. The lowest BCUT2D eigenvalue weighted by Crippen LogP contribution is -2.52. The van der Waals surface area contributed by atoms with Crippen molar-refractivity contribution < 1.29 is 24.1 Å². The van der Waals surface area contributed by atoms with Crippen LogP contribution >= 0.6 is 0 Å². The van der Waals surface area contributed by atoms with Gasteiger partial charge in [-0.15, -0.1) is 0 Å². The third kappa shape index (κ3) is 6.21. The average molecular weight is 626 g/mol. The normalized spacial score (nSPS) is 22.5. The van der Waals surface area contributed by atoms with Crippen molar-refractivity contribution in [3.8, 4) is 0 Å². The van der Waals surface area contributed by atoms with Gasteiger partial charge in [0, 0.05) is 12.3 Å². The Hall–Kier alpha value is -4.35. The number of aliphatic hydroxyl groups excluding tert-OH is 1. The zero-order valence-electron chi connectivity index (χ0n) is 25.7. The average Bonchev–Trinajstić information content (AvgIpc) is 3.42. The fourth-order valence-electron chi connectivity index (χ4n) is 6.79. The van der Waals surface area contributed by atoms with E-state index in [-0.39, 0.29) is 18.5 Å². The van der Waals surface area contributed by atoms with E-state index in [2.05, 4.69) is 9.88 Å². The molecule has 4 aromatic rings. The van der Waals surface area contributed by atoms with Gasteiger partial charge in [0.1, 0.15) is 17.8 Å². The number of H-pyrrole nitrogens is 1. The highest BCUT2D eigenvalue weighted by molar-refractivity contribution is 5.72. The van der Waals surface area contributed by atoms with E-state index in [0.717, 1.165) is 16.7 Å². The molecule has 2 aliphatic heterocycles. The van der Waals surface area contributed by atoms with E-state index in [4.69, 9.17) is 14.2 Å². The summed E-state index contributed by atoms with van der Waals surface area (Å²) in [7, 11) is 0. The molecular weight excluding hydrogens is 586 g/mol. The van der Waals surface area contributed by atoms with Crippen LogP contribution in [0.2, 0.25) is 0 Å². The summed E-state index contributed by atoms with van der Waals surface area (Å²) < 4.78 is 20.0. The predicted octanol–water partition coefficient (Wildman–Crippen LogP) is 3.45. The maximum atomic E-state index is 13.0. The Morgan fingerprint density at radius 3 is 1.93 bits per heavy atom. The topological polar surface area (TPSA) is 123 Å². The highest BCUT2D eigenvalue weighted by Crippen LogP contribution is 2.42. The first-order valence-electron chi connectivity index (χ1n) is 15.8. The van der Waals surface area contributed by atoms with Crippen molar-refractivity contribution in [2.24, 2.45) is 5.92 Å². The van der Waals surface area contributed by atoms with E-state index in [1.165, 1.54) is 16.8 Å². The summed E-state index contributed by atoms with van der Waals surface area (Å²) in [5.74, 6) is -0.448. The molecule has 0 saturated carbocycles. The van der Waals surface area contributed by atoms with Crippen LogP contribution in [-0.2, 0) is 24.6 Å². The van der Waals surface area contributed by atoms with E-state index in [0.29, 0.717) is 32.5 Å². The molecule has 0 bridgehead atoms. The summed E-state index contributed by atoms with van der Waals surface area (Å²) in [6.07, 6.45) is -0.296. The fourth-order valence-corrected chi connectivity index (χ4v) is 6.79. The molecule has 2 saturated heterocycles. The number of esters is 1. The van der Waals surface area contributed by atoms with E-state index in [9.17, 15) is 19.5 Å². The summed E-state index contributed by atoms with van der Waals surface area (Å²) in [6, 6.07) is 30.4. The van der Waals surface area contributed by atoms with Crippen LogP contribution in [0.5, 0.6) is 0 Å². The van der Waals surface area contributed by atoms with Gasteiger partial charge in [0.25, 0.3) is 5.56 Å². The Kier molecular flexibility index (Phi) is 9.60. The lowest BCUT2D eigenvalue weighted by atomic mass is 9.80. The molecule has 2 N–H and O–H groups in total. The number of aliphatic hydroxyl groups is 1. The van der Waals surface area contributed by atoms with Crippen molar-refractivity contribution in [2.75, 3.05) is 26.3 Å². The Morgan fingerprint density at radius 1 is 0.891 bits per heavy atom. The van der Waals surface area contributed by atoms with Crippen molar-refractivity contribution in [3.63, 3.8) is 0 Å². The minimum atomic E-state index is -1.05. The van der Waals surface area contributed by atoms with Gasteiger partial charge in [0.2, 0.25) is 0 Å².